The molecule has 0 spiro atoms. The smallest absolute Gasteiger partial charge is 0.322 e. The van der Waals surface area contributed by atoms with Crippen LogP contribution in [0.2, 0.25) is 0 Å². The van der Waals surface area contributed by atoms with E-state index in [9.17, 15) is 19.5 Å². The first-order chi connectivity index (χ1) is 22.2. The number of carbonyl (C=O) groups is 3. The van der Waals surface area contributed by atoms with Crippen LogP contribution in [0, 0.1) is 19.8 Å². The monoisotopic (exact) mass is 630 g/mol. The summed E-state index contributed by atoms with van der Waals surface area (Å²) < 4.78 is 0. The van der Waals surface area contributed by atoms with Crippen LogP contribution < -0.4 is 5.32 Å². The second-order valence-corrected chi connectivity index (χ2v) is 13.9. The molecule has 6 rings (SSSR count). The van der Waals surface area contributed by atoms with Crippen molar-refractivity contribution in [2.24, 2.45) is 5.92 Å². The Balaban J connectivity index is 1.09. The van der Waals surface area contributed by atoms with Crippen molar-refractivity contribution in [2.75, 3.05) is 64.7 Å². The number of aromatic hydroxyl groups is 1. The Bertz CT molecular complexity index is 1400. The van der Waals surface area contributed by atoms with Crippen molar-refractivity contribution in [1.29, 1.82) is 0 Å². The Morgan fingerprint density at radius 2 is 1.48 bits per heavy atom. The topological polar surface area (TPSA) is 99.7 Å². The molecule has 0 unspecified atom stereocenters. The zero-order valence-corrected chi connectivity index (χ0v) is 27.7. The fraction of sp³-hybridized carbons (Fsp3) is 0.583. The van der Waals surface area contributed by atoms with Gasteiger partial charge in [-0.25, -0.2) is 4.79 Å². The number of rotatable bonds is 7. The first-order valence-corrected chi connectivity index (χ1v) is 17.1. The molecule has 46 heavy (non-hydrogen) atoms. The minimum Gasteiger partial charge on any atom is -0.507 e. The lowest BCUT2D eigenvalue weighted by Gasteiger charge is -2.43. The molecule has 2 aromatic carbocycles. The van der Waals surface area contributed by atoms with Crippen LogP contribution in [0.5, 0.6) is 5.75 Å². The summed E-state index contributed by atoms with van der Waals surface area (Å²) in [7, 11) is 2.17. The Labute approximate surface area is 273 Å². The van der Waals surface area contributed by atoms with Gasteiger partial charge in [-0.15, -0.1) is 0 Å². The summed E-state index contributed by atoms with van der Waals surface area (Å²) in [4.78, 5) is 51.5. The highest BCUT2D eigenvalue weighted by atomic mass is 16.3. The maximum atomic E-state index is 14.1. The van der Waals surface area contributed by atoms with E-state index < -0.39 is 5.92 Å². The summed E-state index contributed by atoms with van der Waals surface area (Å²) in [5.41, 5.74) is 4.52. The largest absolute Gasteiger partial charge is 0.507 e. The number of carbonyl (C=O) groups excluding carboxylic acids is 3. The van der Waals surface area contributed by atoms with Gasteiger partial charge in [0.1, 0.15) is 5.75 Å². The highest BCUT2D eigenvalue weighted by Crippen LogP contribution is 2.30. The van der Waals surface area contributed by atoms with Crippen molar-refractivity contribution in [3.8, 4) is 5.75 Å². The number of likely N-dealkylation sites (N-methyl/N-ethyl adjacent to an activating group) is 1. The number of piperazine rings is 1. The number of hydrogen-bond acceptors (Lipinski definition) is 6. The first kappa shape index (κ1) is 32.3. The number of phenols is 1. The molecule has 4 aliphatic rings. The Kier molecular flexibility index (Phi) is 9.84. The Hall–Kier alpha value is -3.63. The van der Waals surface area contributed by atoms with Crippen molar-refractivity contribution < 1.29 is 19.5 Å². The van der Waals surface area contributed by atoms with Gasteiger partial charge in [-0.05, 0) is 81.3 Å². The predicted molar refractivity (Wildman–Crippen MR) is 179 cm³/mol. The summed E-state index contributed by atoms with van der Waals surface area (Å²) >= 11 is 0. The molecule has 2 aromatic rings. The van der Waals surface area contributed by atoms with Gasteiger partial charge in [-0.2, -0.15) is 0 Å². The molecular formula is C36H50N6O4. The average Bonchev–Trinajstić information content (AvgIpc) is 3.06. The van der Waals surface area contributed by atoms with Crippen molar-refractivity contribution >= 4 is 23.5 Å². The van der Waals surface area contributed by atoms with Gasteiger partial charge in [-0.3, -0.25) is 14.5 Å². The van der Waals surface area contributed by atoms with Gasteiger partial charge in [0.05, 0.1) is 5.92 Å². The molecule has 248 valence electrons. The number of phenolic OH excluding ortho intramolecular Hbond substituents is 1. The number of piperidine rings is 2. The number of anilines is 1. The first-order valence-electron chi connectivity index (χ1n) is 17.1. The molecule has 0 radical (unpaired) electrons. The number of amides is 4. The van der Waals surface area contributed by atoms with E-state index in [0.29, 0.717) is 32.1 Å². The third-order valence-corrected chi connectivity index (χ3v) is 10.8. The van der Waals surface area contributed by atoms with Gasteiger partial charge in [0.2, 0.25) is 11.8 Å². The van der Waals surface area contributed by atoms with Crippen LogP contribution in [0.1, 0.15) is 54.4 Å². The Morgan fingerprint density at radius 1 is 0.870 bits per heavy atom. The molecule has 0 saturated carbocycles. The lowest BCUT2D eigenvalue weighted by Crippen LogP contribution is -2.54. The van der Waals surface area contributed by atoms with Crippen LogP contribution in [0.3, 0.4) is 0 Å². The number of benzene rings is 2. The van der Waals surface area contributed by atoms with E-state index in [2.05, 4.69) is 22.2 Å². The molecule has 10 heteroatoms. The number of para-hydroxylation sites is 1. The van der Waals surface area contributed by atoms with Crippen molar-refractivity contribution in [3.63, 3.8) is 0 Å². The number of hydrogen-bond donors (Lipinski definition) is 2. The maximum absolute atomic E-state index is 14.1. The number of fused-ring (bicyclic) bond motifs is 1. The molecule has 2 N–H and O–H groups in total. The van der Waals surface area contributed by atoms with E-state index in [1.54, 1.807) is 0 Å². The van der Waals surface area contributed by atoms with Crippen LogP contribution in [0.15, 0.2) is 36.4 Å². The van der Waals surface area contributed by atoms with Gasteiger partial charge >= 0.3 is 6.03 Å². The molecule has 0 aliphatic carbocycles. The van der Waals surface area contributed by atoms with Gasteiger partial charge < -0.3 is 30.0 Å². The lowest BCUT2D eigenvalue weighted by atomic mass is 9.90. The van der Waals surface area contributed by atoms with E-state index >= 15 is 0 Å². The second kappa shape index (κ2) is 14.0. The summed E-state index contributed by atoms with van der Waals surface area (Å²) in [6.45, 7) is 11.3. The van der Waals surface area contributed by atoms with Crippen LogP contribution in [0.4, 0.5) is 10.5 Å². The second-order valence-electron chi connectivity index (χ2n) is 13.9. The zero-order chi connectivity index (χ0) is 32.4. The molecule has 10 nitrogen and oxygen atoms in total. The highest BCUT2D eigenvalue weighted by Gasteiger charge is 2.36. The highest BCUT2D eigenvalue weighted by molar-refractivity contribution is 5.92. The zero-order valence-electron chi connectivity index (χ0n) is 27.7. The standard InChI is InChI=1S/C36H50N6O4/c1-25-20-27(21-26(2)34(25)44)22-29(35(45)41-14-8-30(9-15-41)39-18-16-38(3)17-19-39)23-33(43)40-12-10-31(11-13-40)42-24-28-6-4-5-7-32(28)37-36(42)46/h4-7,20-21,29-31,44H,8-19,22-24H2,1-3H3,(H,37,46)/t29-/m1/s1. The molecule has 4 aliphatic heterocycles. The molecule has 4 heterocycles. The van der Waals surface area contributed by atoms with E-state index in [4.69, 9.17) is 0 Å². The molecule has 0 bridgehead atoms. The number of likely N-dealkylation sites (tertiary alicyclic amines) is 2. The minimum atomic E-state index is -0.460. The van der Waals surface area contributed by atoms with Crippen LogP contribution in [-0.2, 0) is 22.6 Å². The molecular weight excluding hydrogens is 580 g/mol. The average molecular weight is 631 g/mol. The lowest BCUT2D eigenvalue weighted by molar-refractivity contribution is -0.143. The molecule has 3 fully saturated rings. The maximum Gasteiger partial charge on any atom is 0.322 e. The number of nitrogens with zero attached hydrogens (tertiary/aromatic N) is 5. The van der Waals surface area contributed by atoms with Crippen LogP contribution in [0.25, 0.3) is 0 Å². The SMILES string of the molecule is Cc1cc(C[C@H](CC(=O)N2CCC(N3Cc4ccccc4NC3=O)CC2)C(=O)N2CCC(N3CCN(C)CC3)CC2)cc(C)c1O. The number of urea groups is 1. The normalized spacial score (nSPS) is 21.2. The quantitative estimate of drug-likeness (QED) is 0.483. The number of aryl methyl sites for hydroxylation is 2. The van der Waals surface area contributed by atoms with Gasteiger partial charge in [0.15, 0.2) is 0 Å². The van der Waals surface area contributed by atoms with Gasteiger partial charge in [0, 0.05) is 83.1 Å². The molecule has 1 atom stereocenters. The predicted octanol–water partition coefficient (Wildman–Crippen LogP) is 3.83. The van der Waals surface area contributed by atoms with E-state index in [1.807, 2.05) is 64.9 Å². The molecule has 0 aromatic heterocycles. The van der Waals surface area contributed by atoms with Crippen molar-refractivity contribution in [2.45, 2.75) is 71.0 Å². The van der Waals surface area contributed by atoms with Crippen LogP contribution in [-0.4, -0.2) is 119 Å². The van der Waals surface area contributed by atoms with Gasteiger partial charge in [-0.1, -0.05) is 30.3 Å². The summed E-state index contributed by atoms with van der Waals surface area (Å²) in [6.07, 6.45) is 4.00. The van der Waals surface area contributed by atoms with Crippen molar-refractivity contribution in [3.05, 3.63) is 58.7 Å². The summed E-state index contributed by atoms with van der Waals surface area (Å²) in [6, 6.07) is 12.3. The molecule has 3 saturated heterocycles. The van der Waals surface area contributed by atoms with E-state index in [-0.39, 0.29) is 36.1 Å². The Morgan fingerprint density at radius 3 is 2.15 bits per heavy atom. The van der Waals surface area contributed by atoms with E-state index in [0.717, 1.165) is 92.9 Å². The fourth-order valence-corrected chi connectivity index (χ4v) is 7.88. The third-order valence-electron chi connectivity index (χ3n) is 10.8. The third kappa shape index (κ3) is 7.18. The van der Waals surface area contributed by atoms with E-state index in [1.165, 1.54) is 0 Å². The van der Waals surface area contributed by atoms with Crippen LogP contribution >= 0.6 is 0 Å². The summed E-state index contributed by atoms with van der Waals surface area (Å²) in [5.74, 6) is -0.113. The fourth-order valence-electron chi connectivity index (χ4n) is 7.88. The molecule has 4 amide bonds. The van der Waals surface area contributed by atoms with Crippen molar-refractivity contribution in [1.82, 2.24) is 24.5 Å². The summed E-state index contributed by atoms with van der Waals surface area (Å²) in [5, 5.41) is 13.4. The minimum absolute atomic E-state index is 0.00443. The number of nitrogens with one attached hydrogen (secondary N) is 1. The van der Waals surface area contributed by atoms with Gasteiger partial charge in [0.25, 0.3) is 0 Å².